The van der Waals surface area contributed by atoms with Crippen LogP contribution >= 0.6 is 0 Å². The van der Waals surface area contributed by atoms with E-state index in [0.29, 0.717) is 11.2 Å². The molecule has 2 N–H and O–H groups in total. The summed E-state index contributed by atoms with van der Waals surface area (Å²) in [6.07, 6.45) is 1.86. The van der Waals surface area contributed by atoms with E-state index >= 15 is 0 Å². The SMILES string of the molecule is Nc1ccc(CN2CC3(COC3)C2)cn1. The number of anilines is 1. The summed E-state index contributed by atoms with van der Waals surface area (Å²) in [7, 11) is 0. The zero-order chi connectivity index (χ0) is 10.3. The lowest BCUT2D eigenvalue weighted by Crippen LogP contribution is -2.65. The fourth-order valence-corrected chi connectivity index (χ4v) is 2.38. The molecule has 0 amide bonds. The first kappa shape index (κ1) is 9.12. The average Bonchev–Trinajstić information content (AvgIpc) is 2.10. The number of hydrogen-bond acceptors (Lipinski definition) is 4. The van der Waals surface area contributed by atoms with Gasteiger partial charge in [-0.25, -0.2) is 4.98 Å². The van der Waals surface area contributed by atoms with Crippen molar-refractivity contribution in [3.63, 3.8) is 0 Å². The van der Waals surface area contributed by atoms with Gasteiger partial charge in [-0.1, -0.05) is 6.07 Å². The summed E-state index contributed by atoms with van der Waals surface area (Å²) in [5.41, 5.74) is 7.27. The summed E-state index contributed by atoms with van der Waals surface area (Å²) in [4.78, 5) is 6.51. The highest BCUT2D eigenvalue weighted by atomic mass is 16.5. The monoisotopic (exact) mass is 205 g/mol. The van der Waals surface area contributed by atoms with Crippen molar-refractivity contribution in [1.82, 2.24) is 9.88 Å². The van der Waals surface area contributed by atoms with Crippen molar-refractivity contribution in [2.24, 2.45) is 5.41 Å². The van der Waals surface area contributed by atoms with Gasteiger partial charge in [-0.15, -0.1) is 0 Å². The first-order valence-corrected chi connectivity index (χ1v) is 5.26. The Morgan fingerprint density at radius 2 is 2.20 bits per heavy atom. The number of nitrogens with two attached hydrogens (primary N) is 1. The zero-order valence-corrected chi connectivity index (χ0v) is 8.65. The molecule has 4 nitrogen and oxygen atoms in total. The molecule has 2 aliphatic heterocycles. The van der Waals surface area contributed by atoms with Crippen LogP contribution in [0, 0.1) is 5.41 Å². The normalized spacial score (nSPS) is 23.5. The van der Waals surface area contributed by atoms with Crippen molar-refractivity contribution in [2.75, 3.05) is 32.0 Å². The van der Waals surface area contributed by atoms with Crippen LogP contribution in [0.25, 0.3) is 0 Å². The van der Waals surface area contributed by atoms with E-state index in [9.17, 15) is 0 Å². The van der Waals surface area contributed by atoms with Crippen LogP contribution in [-0.2, 0) is 11.3 Å². The summed E-state index contributed by atoms with van der Waals surface area (Å²) >= 11 is 0. The second-order valence-corrected chi connectivity index (χ2v) is 4.73. The molecule has 3 rings (SSSR count). The maximum atomic E-state index is 5.54. The van der Waals surface area contributed by atoms with Crippen molar-refractivity contribution >= 4 is 5.82 Å². The van der Waals surface area contributed by atoms with Gasteiger partial charge in [0.05, 0.1) is 13.2 Å². The molecule has 0 unspecified atom stereocenters. The highest BCUT2D eigenvalue weighted by Crippen LogP contribution is 2.38. The van der Waals surface area contributed by atoms with Crippen LogP contribution in [0.1, 0.15) is 5.56 Å². The Balaban J connectivity index is 1.56. The lowest BCUT2D eigenvalue weighted by atomic mass is 9.78. The minimum atomic E-state index is 0.501. The summed E-state index contributed by atoms with van der Waals surface area (Å²) in [5.74, 6) is 0.589. The molecule has 0 saturated carbocycles. The number of pyridine rings is 1. The number of nitrogen functional groups attached to an aromatic ring is 1. The fraction of sp³-hybridized carbons (Fsp3) is 0.545. The van der Waals surface area contributed by atoms with Crippen LogP contribution in [0.2, 0.25) is 0 Å². The summed E-state index contributed by atoms with van der Waals surface area (Å²) in [6, 6.07) is 3.90. The van der Waals surface area contributed by atoms with E-state index in [2.05, 4.69) is 9.88 Å². The van der Waals surface area contributed by atoms with Crippen molar-refractivity contribution < 1.29 is 4.74 Å². The van der Waals surface area contributed by atoms with Gasteiger partial charge in [-0.05, 0) is 11.6 Å². The Morgan fingerprint density at radius 3 is 2.73 bits per heavy atom. The van der Waals surface area contributed by atoms with E-state index < -0.39 is 0 Å². The molecule has 0 aliphatic carbocycles. The van der Waals surface area contributed by atoms with Crippen molar-refractivity contribution in [2.45, 2.75) is 6.54 Å². The van der Waals surface area contributed by atoms with Crippen LogP contribution in [0.5, 0.6) is 0 Å². The van der Waals surface area contributed by atoms with E-state index in [1.165, 1.54) is 5.56 Å². The average molecular weight is 205 g/mol. The molecule has 15 heavy (non-hydrogen) atoms. The van der Waals surface area contributed by atoms with E-state index in [1.807, 2.05) is 18.3 Å². The first-order chi connectivity index (χ1) is 7.26. The van der Waals surface area contributed by atoms with Gasteiger partial charge >= 0.3 is 0 Å². The minimum Gasteiger partial charge on any atom is -0.384 e. The number of ether oxygens (including phenoxy) is 1. The molecule has 2 aliphatic rings. The van der Waals surface area contributed by atoms with Gasteiger partial charge in [0.15, 0.2) is 0 Å². The maximum Gasteiger partial charge on any atom is 0.123 e. The van der Waals surface area contributed by atoms with E-state index in [1.54, 1.807) is 0 Å². The molecule has 1 spiro atoms. The number of likely N-dealkylation sites (tertiary alicyclic amines) is 1. The third-order valence-electron chi connectivity index (χ3n) is 3.19. The predicted molar refractivity (Wildman–Crippen MR) is 57.2 cm³/mol. The zero-order valence-electron chi connectivity index (χ0n) is 8.65. The Bertz CT molecular complexity index is 351. The first-order valence-electron chi connectivity index (χ1n) is 5.26. The standard InChI is InChI=1S/C11H15N3O/c12-10-2-1-9(3-13-10)4-14-5-11(6-14)7-15-8-11/h1-3H,4-8H2,(H2,12,13). The van der Waals surface area contributed by atoms with Crippen LogP contribution in [0.3, 0.4) is 0 Å². The van der Waals surface area contributed by atoms with E-state index in [4.69, 9.17) is 10.5 Å². The van der Waals surface area contributed by atoms with Crippen molar-refractivity contribution in [3.8, 4) is 0 Å². The summed E-state index contributed by atoms with van der Waals surface area (Å²) in [5, 5.41) is 0. The van der Waals surface area contributed by atoms with Gasteiger partial charge in [-0.3, -0.25) is 4.90 Å². The quantitative estimate of drug-likeness (QED) is 0.763. The second kappa shape index (κ2) is 3.18. The van der Waals surface area contributed by atoms with Crippen molar-refractivity contribution in [1.29, 1.82) is 0 Å². The largest absolute Gasteiger partial charge is 0.384 e. The summed E-state index contributed by atoms with van der Waals surface area (Å²) < 4.78 is 5.24. The maximum absolute atomic E-state index is 5.54. The molecule has 4 heteroatoms. The Morgan fingerprint density at radius 1 is 1.40 bits per heavy atom. The smallest absolute Gasteiger partial charge is 0.123 e. The molecule has 2 saturated heterocycles. The third-order valence-corrected chi connectivity index (χ3v) is 3.19. The van der Waals surface area contributed by atoms with Crippen LogP contribution < -0.4 is 5.73 Å². The molecule has 0 aromatic carbocycles. The van der Waals surface area contributed by atoms with Gasteiger partial charge in [0.2, 0.25) is 0 Å². The Kier molecular flexibility index (Phi) is 1.94. The minimum absolute atomic E-state index is 0.501. The molecule has 0 atom stereocenters. The van der Waals surface area contributed by atoms with Gasteiger partial charge in [0, 0.05) is 31.2 Å². The highest BCUT2D eigenvalue weighted by molar-refractivity contribution is 5.29. The molecular formula is C11H15N3O. The topological polar surface area (TPSA) is 51.4 Å². The van der Waals surface area contributed by atoms with Crippen LogP contribution in [-0.4, -0.2) is 36.2 Å². The molecule has 1 aromatic heterocycles. The lowest BCUT2D eigenvalue weighted by Gasteiger charge is -2.55. The number of rotatable bonds is 2. The van der Waals surface area contributed by atoms with Crippen molar-refractivity contribution in [3.05, 3.63) is 23.9 Å². The van der Waals surface area contributed by atoms with Crippen LogP contribution in [0.4, 0.5) is 5.82 Å². The predicted octanol–water partition coefficient (Wildman–Crippen LogP) is 0.496. The highest BCUT2D eigenvalue weighted by Gasteiger charge is 2.48. The number of nitrogens with zero attached hydrogens (tertiary/aromatic N) is 2. The molecule has 2 fully saturated rings. The molecule has 0 radical (unpaired) electrons. The lowest BCUT2D eigenvalue weighted by molar-refractivity contribution is -0.191. The van der Waals surface area contributed by atoms with Gasteiger partial charge in [0.25, 0.3) is 0 Å². The number of aromatic nitrogens is 1. The van der Waals surface area contributed by atoms with Gasteiger partial charge in [-0.2, -0.15) is 0 Å². The molecule has 0 bridgehead atoms. The van der Waals surface area contributed by atoms with E-state index in [0.717, 1.165) is 32.8 Å². The molecule has 3 heterocycles. The summed E-state index contributed by atoms with van der Waals surface area (Å²) in [6.45, 7) is 5.21. The van der Waals surface area contributed by atoms with Gasteiger partial charge in [0.1, 0.15) is 5.82 Å². The molecule has 80 valence electrons. The second-order valence-electron chi connectivity index (χ2n) is 4.73. The van der Waals surface area contributed by atoms with Gasteiger partial charge < -0.3 is 10.5 Å². The third kappa shape index (κ3) is 1.60. The van der Waals surface area contributed by atoms with Crippen LogP contribution in [0.15, 0.2) is 18.3 Å². The molecule has 1 aromatic rings. The fourth-order valence-electron chi connectivity index (χ4n) is 2.38. The Hall–Kier alpha value is -1.13. The molecular weight excluding hydrogens is 190 g/mol. The number of hydrogen-bond donors (Lipinski definition) is 1. The van der Waals surface area contributed by atoms with E-state index in [-0.39, 0.29) is 0 Å². The Labute approximate surface area is 89.0 Å².